The molecule has 5 heteroatoms. The van der Waals surface area contributed by atoms with Crippen molar-refractivity contribution in [2.24, 2.45) is 5.92 Å². The summed E-state index contributed by atoms with van der Waals surface area (Å²) in [6.07, 6.45) is 0.391. The highest BCUT2D eigenvalue weighted by Gasteiger charge is 2.44. The SMILES string of the molecule is CC(C)(C)OC(=O)N1C[C@H]2CNC(=O)[C@@H]1C2. The zero-order valence-corrected chi connectivity index (χ0v) is 9.95. The Morgan fingerprint density at radius 2 is 2.19 bits per heavy atom. The highest BCUT2D eigenvalue weighted by molar-refractivity contribution is 5.87. The van der Waals surface area contributed by atoms with E-state index in [-0.39, 0.29) is 18.0 Å². The van der Waals surface area contributed by atoms with Crippen LogP contribution < -0.4 is 5.32 Å². The summed E-state index contributed by atoms with van der Waals surface area (Å²) in [7, 11) is 0. The molecule has 2 bridgehead atoms. The van der Waals surface area contributed by atoms with Gasteiger partial charge in [-0.25, -0.2) is 4.79 Å². The van der Waals surface area contributed by atoms with E-state index >= 15 is 0 Å². The third-order valence-corrected chi connectivity index (χ3v) is 2.88. The number of piperidine rings is 1. The zero-order chi connectivity index (χ0) is 11.9. The van der Waals surface area contributed by atoms with Crippen LogP contribution in [0.5, 0.6) is 0 Å². The van der Waals surface area contributed by atoms with E-state index in [9.17, 15) is 9.59 Å². The van der Waals surface area contributed by atoms with Gasteiger partial charge in [-0.3, -0.25) is 9.69 Å². The molecule has 2 atom stereocenters. The Morgan fingerprint density at radius 3 is 2.81 bits per heavy atom. The Hall–Kier alpha value is -1.26. The van der Waals surface area contributed by atoms with E-state index in [1.807, 2.05) is 20.8 Å². The molecule has 1 N–H and O–H groups in total. The molecule has 2 aliphatic rings. The van der Waals surface area contributed by atoms with E-state index in [2.05, 4.69) is 5.32 Å². The van der Waals surface area contributed by atoms with Crippen LogP contribution in [0.25, 0.3) is 0 Å². The van der Waals surface area contributed by atoms with Gasteiger partial charge in [0, 0.05) is 13.1 Å². The Bertz CT molecular complexity index is 322. The van der Waals surface area contributed by atoms with Crippen LogP contribution in [0.3, 0.4) is 0 Å². The normalized spacial score (nSPS) is 28.9. The molecule has 5 nitrogen and oxygen atoms in total. The van der Waals surface area contributed by atoms with E-state index in [4.69, 9.17) is 4.74 Å². The summed E-state index contributed by atoms with van der Waals surface area (Å²) in [6, 6.07) is -0.325. The molecular weight excluding hydrogens is 208 g/mol. The van der Waals surface area contributed by atoms with Crippen LogP contribution in [0.2, 0.25) is 0 Å². The largest absolute Gasteiger partial charge is 0.444 e. The second kappa shape index (κ2) is 3.64. The number of nitrogens with one attached hydrogen (secondary N) is 1. The van der Waals surface area contributed by atoms with Gasteiger partial charge < -0.3 is 10.1 Å². The molecule has 0 saturated carbocycles. The maximum atomic E-state index is 11.9. The lowest BCUT2D eigenvalue weighted by molar-refractivity contribution is -0.126. The molecule has 2 amide bonds. The number of ether oxygens (including phenoxy) is 1. The summed E-state index contributed by atoms with van der Waals surface area (Å²) in [4.78, 5) is 25.0. The molecule has 2 aliphatic heterocycles. The number of likely N-dealkylation sites (tertiary alicyclic amines) is 1. The van der Waals surface area contributed by atoms with Gasteiger partial charge in [0.1, 0.15) is 11.6 Å². The van der Waals surface area contributed by atoms with Gasteiger partial charge >= 0.3 is 6.09 Å². The van der Waals surface area contributed by atoms with Crippen molar-refractivity contribution in [3.63, 3.8) is 0 Å². The van der Waals surface area contributed by atoms with Crippen LogP contribution in [-0.4, -0.2) is 41.6 Å². The molecule has 2 saturated heterocycles. The minimum absolute atomic E-state index is 0.0559. The van der Waals surface area contributed by atoms with Gasteiger partial charge in [-0.05, 0) is 33.1 Å². The van der Waals surface area contributed by atoms with Crippen LogP contribution in [0.4, 0.5) is 4.79 Å². The van der Waals surface area contributed by atoms with Gasteiger partial charge in [0.05, 0.1) is 0 Å². The second-order valence-electron chi connectivity index (χ2n) is 5.50. The molecule has 2 rings (SSSR count). The van der Waals surface area contributed by atoms with E-state index in [1.54, 1.807) is 4.90 Å². The lowest BCUT2D eigenvalue weighted by Gasteiger charge is -2.27. The van der Waals surface area contributed by atoms with Gasteiger partial charge in [-0.15, -0.1) is 0 Å². The first-order valence-electron chi connectivity index (χ1n) is 5.64. The molecule has 90 valence electrons. The summed E-state index contributed by atoms with van der Waals surface area (Å²) in [6.45, 7) is 6.78. The van der Waals surface area contributed by atoms with Crippen LogP contribution in [0.15, 0.2) is 0 Å². The predicted molar refractivity (Wildman–Crippen MR) is 57.8 cm³/mol. The topological polar surface area (TPSA) is 58.6 Å². The lowest BCUT2D eigenvalue weighted by atomic mass is 10.0. The first-order valence-corrected chi connectivity index (χ1v) is 5.64. The average molecular weight is 226 g/mol. The van der Waals surface area contributed by atoms with Gasteiger partial charge in [-0.2, -0.15) is 0 Å². The molecule has 0 unspecified atom stereocenters. The second-order valence-corrected chi connectivity index (χ2v) is 5.50. The van der Waals surface area contributed by atoms with Crippen LogP contribution in [0.1, 0.15) is 27.2 Å². The van der Waals surface area contributed by atoms with Crippen molar-refractivity contribution in [1.82, 2.24) is 10.2 Å². The minimum atomic E-state index is -0.510. The molecule has 2 fully saturated rings. The van der Waals surface area contributed by atoms with Gasteiger partial charge in [0.15, 0.2) is 0 Å². The van der Waals surface area contributed by atoms with E-state index in [1.165, 1.54) is 0 Å². The van der Waals surface area contributed by atoms with Crippen molar-refractivity contribution in [3.05, 3.63) is 0 Å². The number of nitrogens with zero attached hydrogens (tertiary/aromatic N) is 1. The van der Waals surface area contributed by atoms with Crippen LogP contribution in [-0.2, 0) is 9.53 Å². The molecule has 0 radical (unpaired) electrons. The summed E-state index contributed by atoms with van der Waals surface area (Å²) < 4.78 is 5.29. The Labute approximate surface area is 95.1 Å². The number of amides is 2. The van der Waals surface area contributed by atoms with Crippen molar-refractivity contribution >= 4 is 12.0 Å². The maximum absolute atomic E-state index is 11.9. The fourth-order valence-corrected chi connectivity index (χ4v) is 2.20. The van der Waals surface area contributed by atoms with Gasteiger partial charge in [0.2, 0.25) is 5.91 Å². The van der Waals surface area contributed by atoms with Crippen LogP contribution >= 0.6 is 0 Å². The number of hydrogen-bond donors (Lipinski definition) is 1. The highest BCUT2D eigenvalue weighted by atomic mass is 16.6. The molecule has 16 heavy (non-hydrogen) atoms. The fraction of sp³-hybridized carbons (Fsp3) is 0.818. The van der Waals surface area contributed by atoms with Crippen molar-refractivity contribution in [3.8, 4) is 0 Å². The quantitative estimate of drug-likeness (QED) is 0.663. The molecule has 0 aliphatic carbocycles. The van der Waals surface area contributed by atoms with Crippen LogP contribution in [0, 0.1) is 5.92 Å². The molecule has 2 heterocycles. The summed E-state index contributed by atoms with van der Waals surface area (Å²) >= 11 is 0. The van der Waals surface area contributed by atoms with Crippen molar-refractivity contribution in [2.45, 2.75) is 38.8 Å². The number of hydrogen-bond acceptors (Lipinski definition) is 3. The molecule has 0 spiro atoms. The van der Waals surface area contributed by atoms with Crippen molar-refractivity contribution in [1.29, 1.82) is 0 Å². The summed E-state index contributed by atoms with van der Waals surface area (Å²) in [5.74, 6) is 0.329. The number of fused-ring (bicyclic) bond motifs is 2. The standard InChI is InChI=1S/C11H18N2O3/c1-11(2,3)16-10(15)13-6-7-4-8(13)9(14)12-5-7/h7-8H,4-6H2,1-3H3,(H,12,14)/t7-,8+/m1/s1. The maximum Gasteiger partial charge on any atom is 0.410 e. The smallest absolute Gasteiger partial charge is 0.410 e. The van der Waals surface area contributed by atoms with Gasteiger partial charge in [-0.1, -0.05) is 0 Å². The van der Waals surface area contributed by atoms with Crippen molar-refractivity contribution < 1.29 is 14.3 Å². The Balaban J connectivity index is 2.05. The number of rotatable bonds is 0. The van der Waals surface area contributed by atoms with E-state index < -0.39 is 5.60 Å². The number of carbonyl (C=O) groups excluding carboxylic acids is 2. The molecular formula is C11H18N2O3. The summed E-state index contributed by atoms with van der Waals surface area (Å²) in [5, 5.41) is 2.80. The van der Waals surface area contributed by atoms with Crippen molar-refractivity contribution in [2.75, 3.05) is 13.1 Å². The van der Waals surface area contributed by atoms with E-state index in [0.29, 0.717) is 19.0 Å². The molecule has 0 aromatic heterocycles. The summed E-state index contributed by atoms with van der Waals surface area (Å²) in [5.41, 5.74) is -0.510. The predicted octanol–water partition coefficient (Wildman–Crippen LogP) is 0.742. The van der Waals surface area contributed by atoms with E-state index in [0.717, 1.165) is 6.42 Å². The number of carbonyl (C=O) groups is 2. The fourth-order valence-electron chi connectivity index (χ4n) is 2.20. The molecule has 0 aromatic carbocycles. The first kappa shape index (κ1) is 11.2. The molecule has 0 aromatic rings. The minimum Gasteiger partial charge on any atom is -0.444 e. The lowest BCUT2D eigenvalue weighted by Crippen LogP contribution is -2.47. The third-order valence-electron chi connectivity index (χ3n) is 2.88. The monoisotopic (exact) mass is 226 g/mol. The third kappa shape index (κ3) is 2.13. The zero-order valence-electron chi connectivity index (χ0n) is 9.95. The highest BCUT2D eigenvalue weighted by Crippen LogP contribution is 2.27. The Kier molecular flexibility index (Phi) is 2.56. The van der Waals surface area contributed by atoms with Gasteiger partial charge in [0.25, 0.3) is 0 Å². The average Bonchev–Trinajstić information content (AvgIpc) is 2.49. The first-order chi connectivity index (χ1) is 7.37. The Morgan fingerprint density at radius 1 is 1.50 bits per heavy atom.